The quantitative estimate of drug-likeness (QED) is 0.705. The summed E-state index contributed by atoms with van der Waals surface area (Å²) in [4.78, 5) is 2.50. The third kappa shape index (κ3) is 3.34. The molecule has 1 atom stereocenters. The minimum Gasteiger partial charge on any atom is -0.381 e. The molecular formula is C13H20ClNO. The van der Waals surface area contributed by atoms with Crippen molar-refractivity contribution in [2.24, 2.45) is 0 Å². The fourth-order valence-corrected chi connectivity index (χ4v) is 2.48. The van der Waals surface area contributed by atoms with Crippen molar-refractivity contribution in [1.82, 2.24) is 4.90 Å². The number of alkyl halides is 1. The molecule has 90 valence electrons. The van der Waals surface area contributed by atoms with Crippen LogP contribution in [0.5, 0.6) is 0 Å². The Morgan fingerprint density at radius 2 is 2.19 bits per heavy atom. The highest BCUT2D eigenvalue weighted by atomic mass is 35.5. The molecular weight excluding hydrogens is 222 g/mol. The number of ether oxygens (including phenoxy) is 1. The van der Waals surface area contributed by atoms with Gasteiger partial charge >= 0.3 is 0 Å². The van der Waals surface area contributed by atoms with E-state index in [4.69, 9.17) is 16.3 Å². The van der Waals surface area contributed by atoms with Crippen LogP contribution < -0.4 is 0 Å². The van der Waals surface area contributed by atoms with Crippen molar-refractivity contribution in [2.45, 2.75) is 30.7 Å². The molecule has 2 rings (SSSR count). The zero-order chi connectivity index (χ0) is 11.4. The van der Waals surface area contributed by atoms with Gasteiger partial charge in [-0.15, -0.1) is 11.6 Å². The molecule has 0 saturated carbocycles. The van der Waals surface area contributed by atoms with Gasteiger partial charge in [-0.25, -0.2) is 0 Å². The van der Waals surface area contributed by atoms with Crippen molar-refractivity contribution in [1.29, 1.82) is 0 Å². The number of piperidine rings is 1. The van der Waals surface area contributed by atoms with E-state index in [0.717, 1.165) is 38.9 Å². The number of allylic oxidation sites excluding steroid dienone is 2. The lowest BCUT2D eigenvalue weighted by molar-refractivity contribution is 0.0439. The van der Waals surface area contributed by atoms with Crippen LogP contribution in [0.2, 0.25) is 0 Å². The SMILES string of the molecule is COC1CCN(CC2=CCC(Cl)C=C2)CC1. The molecule has 0 spiro atoms. The molecule has 0 aromatic carbocycles. The average Bonchev–Trinajstić information content (AvgIpc) is 2.33. The molecule has 0 aromatic rings. The summed E-state index contributed by atoms with van der Waals surface area (Å²) >= 11 is 6.00. The van der Waals surface area contributed by atoms with Crippen LogP contribution in [0.1, 0.15) is 19.3 Å². The van der Waals surface area contributed by atoms with E-state index in [0.29, 0.717) is 6.10 Å². The Bertz CT molecular complexity index is 280. The highest BCUT2D eigenvalue weighted by Gasteiger charge is 2.19. The van der Waals surface area contributed by atoms with Crippen LogP contribution in [0.3, 0.4) is 0 Å². The summed E-state index contributed by atoms with van der Waals surface area (Å²) in [5.41, 5.74) is 1.41. The van der Waals surface area contributed by atoms with E-state index in [9.17, 15) is 0 Å². The fourth-order valence-electron chi connectivity index (χ4n) is 2.32. The van der Waals surface area contributed by atoms with Crippen molar-refractivity contribution in [3.05, 3.63) is 23.8 Å². The second-order valence-corrected chi connectivity index (χ2v) is 5.16. The van der Waals surface area contributed by atoms with Crippen LogP contribution in [0.4, 0.5) is 0 Å². The Hall–Kier alpha value is -0.310. The Labute approximate surface area is 103 Å². The molecule has 16 heavy (non-hydrogen) atoms. The van der Waals surface area contributed by atoms with Crippen LogP contribution in [0.25, 0.3) is 0 Å². The molecule has 0 N–H and O–H groups in total. The lowest BCUT2D eigenvalue weighted by Gasteiger charge is -2.31. The minimum absolute atomic E-state index is 0.197. The third-order valence-electron chi connectivity index (χ3n) is 3.40. The zero-order valence-corrected chi connectivity index (χ0v) is 10.6. The number of likely N-dealkylation sites (tertiary alicyclic amines) is 1. The first-order chi connectivity index (χ1) is 7.78. The van der Waals surface area contributed by atoms with E-state index in [1.165, 1.54) is 5.57 Å². The van der Waals surface area contributed by atoms with Gasteiger partial charge in [-0.05, 0) is 24.8 Å². The summed E-state index contributed by atoms with van der Waals surface area (Å²) in [6, 6.07) is 0. The minimum atomic E-state index is 0.197. The number of rotatable bonds is 3. The lowest BCUT2D eigenvalue weighted by atomic mass is 10.0. The first-order valence-electron chi connectivity index (χ1n) is 6.04. The molecule has 3 heteroatoms. The molecule has 2 aliphatic rings. The van der Waals surface area contributed by atoms with Gasteiger partial charge in [0.05, 0.1) is 11.5 Å². The smallest absolute Gasteiger partial charge is 0.0595 e. The van der Waals surface area contributed by atoms with Crippen molar-refractivity contribution in [3.63, 3.8) is 0 Å². The molecule has 0 bridgehead atoms. The van der Waals surface area contributed by atoms with Gasteiger partial charge in [0.2, 0.25) is 0 Å². The fraction of sp³-hybridized carbons (Fsp3) is 0.692. The van der Waals surface area contributed by atoms with E-state index in [1.54, 1.807) is 0 Å². The first kappa shape index (κ1) is 12.2. The Morgan fingerprint density at radius 3 is 2.75 bits per heavy atom. The maximum absolute atomic E-state index is 6.00. The van der Waals surface area contributed by atoms with Gasteiger partial charge < -0.3 is 4.74 Å². The van der Waals surface area contributed by atoms with Gasteiger partial charge in [-0.2, -0.15) is 0 Å². The molecule has 0 amide bonds. The second-order valence-electron chi connectivity index (χ2n) is 4.60. The molecule has 2 nitrogen and oxygen atoms in total. The van der Waals surface area contributed by atoms with Crippen molar-refractivity contribution >= 4 is 11.6 Å². The van der Waals surface area contributed by atoms with Gasteiger partial charge in [-0.1, -0.05) is 18.2 Å². The summed E-state index contributed by atoms with van der Waals surface area (Å²) in [5, 5.41) is 0.197. The van der Waals surface area contributed by atoms with Crippen LogP contribution >= 0.6 is 11.6 Å². The predicted octanol–water partition coefficient (Wildman–Crippen LogP) is 2.59. The van der Waals surface area contributed by atoms with Crippen molar-refractivity contribution in [3.8, 4) is 0 Å². The van der Waals surface area contributed by atoms with E-state index in [2.05, 4.69) is 23.1 Å². The number of methoxy groups -OCH3 is 1. The van der Waals surface area contributed by atoms with E-state index < -0.39 is 0 Å². The van der Waals surface area contributed by atoms with E-state index in [-0.39, 0.29) is 5.38 Å². The lowest BCUT2D eigenvalue weighted by Crippen LogP contribution is -2.37. The first-order valence-corrected chi connectivity index (χ1v) is 6.48. The third-order valence-corrected chi connectivity index (χ3v) is 3.72. The summed E-state index contributed by atoms with van der Waals surface area (Å²) in [7, 11) is 1.81. The van der Waals surface area contributed by atoms with Crippen LogP contribution in [-0.2, 0) is 4.74 Å². The molecule has 1 fully saturated rings. The number of hydrogen-bond acceptors (Lipinski definition) is 2. The standard InChI is InChI=1S/C13H20ClNO/c1-16-13-6-8-15(9-7-13)10-11-2-4-12(14)5-3-11/h2-4,12-13H,5-10H2,1H3. The van der Waals surface area contributed by atoms with Crippen molar-refractivity contribution in [2.75, 3.05) is 26.7 Å². The van der Waals surface area contributed by atoms with Gasteiger partial charge in [-0.3, -0.25) is 4.90 Å². The molecule has 0 aromatic heterocycles. The molecule has 1 saturated heterocycles. The monoisotopic (exact) mass is 241 g/mol. The molecule has 1 aliphatic carbocycles. The maximum Gasteiger partial charge on any atom is 0.0595 e. The van der Waals surface area contributed by atoms with Gasteiger partial charge in [0.15, 0.2) is 0 Å². The summed E-state index contributed by atoms with van der Waals surface area (Å²) in [6.45, 7) is 3.36. The van der Waals surface area contributed by atoms with Gasteiger partial charge in [0.1, 0.15) is 0 Å². The number of hydrogen-bond donors (Lipinski definition) is 0. The average molecular weight is 242 g/mol. The Morgan fingerprint density at radius 1 is 1.44 bits per heavy atom. The highest BCUT2D eigenvalue weighted by Crippen LogP contribution is 2.18. The molecule has 1 aliphatic heterocycles. The molecule has 1 unspecified atom stereocenters. The second kappa shape index (κ2) is 5.85. The van der Waals surface area contributed by atoms with E-state index in [1.807, 2.05) is 7.11 Å². The topological polar surface area (TPSA) is 12.5 Å². The van der Waals surface area contributed by atoms with Crippen LogP contribution in [-0.4, -0.2) is 43.1 Å². The predicted molar refractivity (Wildman–Crippen MR) is 68.0 cm³/mol. The van der Waals surface area contributed by atoms with Crippen LogP contribution in [0.15, 0.2) is 23.8 Å². The van der Waals surface area contributed by atoms with E-state index >= 15 is 0 Å². The molecule has 0 radical (unpaired) electrons. The van der Waals surface area contributed by atoms with Gasteiger partial charge in [0, 0.05) is 26.7 Å². The van der Waals surface area contributed by atoms with Crippen LogP contribution in [0, 0.1) is 0 Å². The normalized spacial score (nSPS) is 28.1. The summed E-state index contributed by atoms with van der Waals surface area (Å²) in [6.07, 6.45) is 10.3. The Kier molecular flexibility index (Phi) is 4.45. The largest absolute Gasteiger partial charge is 0.381 e. The highest BCUT2D eigenvalue weighted by molar-refractivity contribution is 6.22. The van der Waals surface area contributed by atoms with Gasteiger partial charge in [0.25, 0.3) is 0 Å². The Balaban J connectivity index is 1.77. The summed E-state index contributed by atoms with van der Waals surface area (Å²) in [5.74, 6) is 0. The zero-order valence-electron chi connectivity index (χ0n) is 9.86. The summed E-state index contributed by atoms with van der Waals surface area (Å²) < 4.78 is 5.37. The maximum atomic E-state index is 6.00. The molecule has 1 heterocycles. The van der Waals surface area contributed by atoms with Crippen molar-refractivity contribution < 1.29 is 4.74 Å². The number of halogens is 1. The number of nitrogens with zero attached hydrogens (tertiary/aromatic N) is 1.